The van der Waals surface area contributed by atoms with Gasteiger partial charge in [-0.2, -0.15) is 0 Å². The van der Waals surface area contributed by atoms with E-state index in [0.717, 1.165) is 90.6 Å². The van der Waals surface area contributed by atoms with Gasteiger partial charge in [0.25, 0.3) is 12.4 Å². The minimum Gasteiger partial charge on any atom is -0.508 e. The number of aromatic nitrogens is 1. The van der Waals surface area contributed by atoms with Crippen molar-refractivity contribution in [2.75, 3.05) is 46.4 Å². The zero-order valence-corrected chi connectivity index (χ0v) is 40.3. The summed E-state index contributed by atoms with van der Waals surface area (Å²) >= 11 is 0. The molecule has 3 unspecified atom stereocenters. The number of allylic oxidation sites excluding steroid dienone is 1. The van der Waals surface area contributed by atoms with Gasteiger partial charge in [-0.1, -0.05) is 59.1 Å². The van der Waals surface area contributed by atoms with Gasteiger partial charge in [0.05, 0.1) is 18.4 Å². The molecular formula is C52H71N7O8. The fraction of sp³-hybridized carbons (Fsp3) is 0.500. The summed E-state index contributed by atoms with van der Waals surface area (Å²) in [6.07, 6.45) is 13.9. The quantitative estimate of drug-likeness (QED) is 0.0640. The van der Waals surface area contributed by atoms with Crippen LogP contribution in [0.25, 0.3) is 28.1 Å². The second-order valence-corrected chi connectivity index (χ2v) is 18.6. The van der Waals surface area contributed by atoms with Crippen molar-refractivity contribution in [2.45, 2.75) is 111 Å². The molecule has 0 spiro atoms. The second-order valence-electron chi connectivity index (χ2n) is 18.6. The van der Waals surface area contributed by atoms with Gasteiger partial charge in [0, 0.05) is 81.0 Å². The van der Waals surface area contributed by atoms with E-state index in [1.54, 1.807) is 36.5 Å². The molecule has 3 atom stereocenters. The molecule has 3 fully saturated rings. The van der Waals surface area contributed by atoms with Crippen molar-refractivity contribution in [3.8, 4) is 16.9 Å². The molecule has 15 nitrogen and oxygen atoms in total. The molecule has 15 heteroatoms. The number of hydrogen-bond donors (Lipinski definition) is 3. The lowest BCUT2D eigenvalue weighted by Gasteiger charge is -2.33. The Kier molecular flexibility index (Phi) is 19.1. The summed E-state index contributed by atoms with van der Waals surface area (Å²) in [5, 5.41) is 16.7. The van der Waals surface area contributed by atoms with E-state index in [-0.39, 0.29) is 42.6 Å². The van der Waals surface area contributed by atoms with Crippen LogP contribution in [0.1, 0.15) is 90.0 Å². The average Bonchev–Trinajstić information content (AvgIpc) is 4.12. The molecule has 0 aliphatic carbocycles. The molecule has 6 rings (SSSR count). The number of carbonyl (C=O) groups is 5. The SMILES string of the molecule is C=CC(=O)N1CCCC1.C=CC=N/C(=C/c1c(CC(C)(C)COC=O)c2cc(-c3cc(O)cc(CC(NC(=O)C(C(C)C)N(C)C=O)C(=O)N4CCCCN4)c3)ccc2n1CC)C1CCCO1. The van der Waals surface area contributed by atoms with Crippen molar-refractivity contribution < 1.29 is 38.6 Å². The maximum absolute atomic E-state index is 14.0. The Morgan fingerprint density at radius 2 is 1.79 bits per heavy atom. The van der Waals surface area contributed by atoms with Crippen LogP contribution < -0.4 is 10.7 Å². The summed E-state index contributed by atoms with van der Waals surface area (Å²) in [5.74, 6) is -0.820. The van der Waals surface area contributed by atoms with Gasteiger partial charge in [-0.25, -0.2) is 5.43 Å². The lowest BCUT2D eigenvalue weighted by Crippen LogP contribution is -2.58. The Labute approximate surface area is 395 Å². The molecule has 0 radical (unpaired) electrons. The number of ether oxygens (including phenoxy) is 2. The van der Waals surface area contributed by atoms with Crippen LogP contribution in [0, 0.1) is 11.3 Å². The van der Waals surface area contributed by atoms with E-state index in [2.05, 4.69) is 67.4 Å². The summed E-state index contributed by atoms with van der Waals surface area (Å²) < 4.78 is 13.6. The molecule has 0 saturated carbocycles. The van der Waals surface area contributed by atoms with Crippen LogP contribution in [0.2, 0.25) is 0 Å². The van der Waals surface area contributed by atoms with Gasteiger partial charge >= 0.3 is 0 Å². The first-order valence-corrected chi connectivity index (χ1v) is 23.6. The third-order valence-electron chi connectivity index (χ3n) is 12.4. The Morgan fingerprint density at radius 1 is 1.04 bits per heavy atom. The number of benzene rings is 2. The number of likely N-dealkylation sites (N-methyl/N-ethyl adjacent to an activating group) is 1. The smallest absolute Gasteiger partial charge is 0.293 e. The van der Waals surface area contributed by atoms with Gasteiger partial charge in [0.1, 0.15) is 17.8 Å². The topological polar surface area (TPSA) is 175 Å². The standard InChI is InChI=1S/C45H60N6O7.C7H11NO/c1-8-16-46-37(41-13-12-19-58-41)25-40-36(26-45(5,6)27-57-29-53)35-24-32(14-15-39(35)50(40)9-2)33-20-31(21-34(54)23-33)22-38(44(56)51-18-11-10-17-47-51)48-43(55)42(30(3)4)49(7)28-52;1-2-7(9)8-5-3-4-6-8/h8,14-16,20-21,23-25,28-30,38,41-42,47,54H,1,9-13,17-19,22,26-27H2,2-7H3,(H,48,55);2H,1,3-6H2/b37-25+,46-16?;. The Bertz CT molecular complexity index is 2280. The number of hydrogen-bond acceptors (Lipinski definition) is 10. The lowest BCUT2D eigenvalue weighted by molar-refractivity contribution is -0.142. The third kappa shape index (κ3) is 13.8. The summed E-state index contributed by atoms with van der Waals surface area (Å²) in [6.45, 7) is 22.2. The summed E-state index contributed by atoms with van der Waals surface area (Å²) in [7, 11) is 1.55. The molecular weight excluding hydrogens is 851 g/mol. The number of likely N-dealkylation sites (tertiary alicyclic amines) is 1. The monoisotopic (exact) mass is 922 g/mol. The van der Waals surface area contributed by atoms with E-state index in [1.807, 2.05) is 30.9 Å². The van der Waals surface area contributed by atoms with Crippen LogP contribution >= 0.6 is 0 Å². The second kappa shape index (κ2) is 24.6. The van der Waals surface area contributed by atoms with Crippen molar-refractivity contribution in [1.82, 2.24) is 30.1 Å². The Morgan fingerprint density at radius 3 is 2.40 bits per heavy atom. The number of phenolic OH excluding ortho intramolecular Hbond substituents is 1. The fourth-order valence-electron chi connectivity index (χ4n) is 9.21. The maximum Gasteiger partial charge on any atom is 0.293 e. The molecule has 67 heavy (non-hydrogen) atoms. The van der Waals surface area contributed by atoms with Gasteiger partial charge < -0.3 is 34.3 Å². The number of nitrogens with one attached hydrogen (secondary N) is 2. The molecule has 3 aliphatic heterocycles. The molecule has 3 aromatic rings. The van der Waals surface area contributed by atoms with Crippen molar-refractivity contribution >= 4 is 53.8 Å². The van der Waals surface area contributed by atoms with Gasteiger partial charge in [0.15, 0.2) is 0 Å². The number of fused-ring (bicyclic) bond motifs is 1. The lowest BCUT2D eigenvalue weighted by atomic mass is 9.85. The highest BCUT2D eigenvalue weighted by Crippen LogP contribution is 2.38. The molecule has 3 saturated heterocycles. The summed E-state index contributed by atoms with van der Waals surface area (Å²) in [4.78, 5) is 69.4. The van der Waals surface area contributed by atoms with Gasteiger partial charge in [0.2, 0.25) is 18.2 Å². The summed E-state index contributed by atoms with van der Waals surface area (Å²) in [6, 6.07) is 9.72. The van der Waals surface area contributed by atoms with E-state index in [1.165, 1.54) is 11.0 Å². The predicted octanol–water partition coefficient (Wildman–Crippen LogP) is 6.61. The molecule has 1 aromatic heterocycles. The zero-order chi connectivity index (χ0) is 48.7. The predicted molar refractivity (Wildman–Crippen MR) is 263 cm³/mol. The van der Waals surface area contributed by atoms with Crippen molar-refractivity contribution in [2.24, 2.45) is 16.3 Å². The minimum atomic E-state index is -0.964. The molecule has 362 valence electrons. The molecule has 2 aromatic carbocycles. The molecule has 4 amide bonds. The average molecular weight is 922 g/mol. The van der Waals surface area contributed by atoms with Gasteiger partial charge in [-0.15, -0.1) is 0 Å². The highest BCUT2D eigenvalue weighted by atomic mass is 16.5. The van der Waals surface area contributed by atoms with E-state index < -0.39 is 23.4 Å². The number of amides is 4. The van der Waals surface area contributed by atoms with E-state index >= 15 is 0 Å². The Balaban J connectivity index is 0.000000834. The van der Waals surface area contributed by atoms with Crippen LogP contribution in [-0.4, -0.2) is 126 Å². The van der Waals surface area contributed by atoms with Crippen LogP contribution in [-0.2, 0) is 52.8 Å². The number of rotatable bonds is 20. The highest BCUT2D eigenvalue weighted by molar-refractivity contribution is 5.93. The van der Waals surface area contributed by atoms with Crippen LogP contribution in [0.5, 0.6) is 5.75 Å². The summed E-state index contributed by atoms with van der Waals surface area (Å²) in [5.41, 5.74) is 8.85. The number of phenols is 1. The van der Waals surface area contributed by atoms with Gasteiger partial charge in [-0.05, 0) is 116 Å². The number of aromatic hydroxyl groups is 1. The Hall–Kier alpha value is -6.06. The molecule has 3 N–H and O–H groups in total. The number of carbonyl (C=O) groups excluding carboxylic acids is 5. The number of aryl methyl sites for hydroxylation is 1. The van der Waals surface area contributed by atoms with Crippen LogP contribution in [0.4, 0.5) is 0 Å². The normalized spacial score (nSPS) is 17.5. The van der Waals surface area contributed by atoms with Crippen molar-refractivity contribution in [3.05, 3.63) is 84.2 Å². The van der Waals surface area contributed by atoms with Crippen LogP contribution in [0.3, 0.4) is 0 Å². The molecule has 0 bridgehead atoms. The first kappa shape index (κ1) is 51.9. The highest BCUT2D eigenvalue weighted by Gasteiger charge is 2.33. The van der Waals surface area contributed by atoms with Crippen LogP contribution in [0.15, 0.2) is 72.4 Å². The zero-order valence-electron chi connectivity index (χ0n) is 40.3. The van der Waals surface area contributed by atoms with Crippen molar-refractivity contribution in [3.63, 3.8) is 0 Å². The minimum absolute atomic E-state index is 0.0189. The maximum atomic E-state index is 14.0. The van der Waals surface area contributed by atoms with E-state index in [9.17, 15) is 29.1 Å². The third-order valence-corrected chi connectivity index (χ3v) is 12.4. The van der Waals surface area contributed by atoms with E-state index in [4.69, 9.17) is 14.5 Å². The number of aliphatic imine (C=N–C) groups is 1. The number of hydrazine groups is 1. The number of nitrogens with zero attached hydrogens (tertiary/aromatic N) is 5. The van der Waals surface area contributed by atoms with Crippen molar-refractivity contribution in [1.29, 1.82) is 0 Å². The van der Waals surface area contributed by atoms with E-state index in [0.29, 0.717) is 51.1 Å². The molecule has 4 heterocycles. The van der Waals surface area contributed by atoms with Gasteiger partial charge in [-0.3, -0.25) is 34.0 Å². The first-order chi connectivity index (χ1) is 32.1. The fourth-order valence-corrected chi connectivity index (χ4v) is 9.21. The first-order valence-electron chi connectivity index (χ1n) is 23.6. The largest absolute Gasteiger partial charge is 0.508 e. The molecule has 3 aliphatic rings.